The van der Waals surface area contributed by atoms with Gasteiger partial charge in [0.25, 0.3) is 0 Å². The summed E-state index contributed by atoms with van der Waals surface area (Å²) in [7, 11) is 2.17. The number of nitrogens with two attached hydrogens (primary N) is 1. The summed E-state index contributed by atoms with van der Waals surface area (Å²) < 4.78 is 13.4. The lowest BCUT2D eigenvalue weighted by Gasteiger charge is -2.40. The normalized spacial score (nSPS) is 24.9. The lowest BCUT2D eigenvalue weighted by Crippen LogP contribution is -2.43. The molecule has 3 heteroatoms. The number of aryl methyl sites for hydroxylation is 1. The van der Waals surface area contributed by atoms with E-state index >= 15 is 0 Å². The molecule has 0 amide bonds. The average molecular weight is 278 g/mol. The monoisotopic (exact) mass is 278 g/mol. The number of hydrogen-bond donors (Lipinski definition) is 1. The van der Waals surface area contributed by atoms with Crippen LogP contribution in [0.5, 0.6) is 0 Å². The molecule has 0 heterocycles. The summed E-state index contributed by atoms with van der Waals surface area (Å²) in [4.78, 5) is 2.41. The van der Waals surface area contributed by atoms with E-state index in [1.165, 1.54) is 25.7 Å². The number of halogens is 1. The van der Waals surface area contributed by atoms with Gasteiger partial charge in [-0.25, -0.2) is 4.39 Å². The topological polar surface area (TPSA) is 29.3 Å². The number of likely N-dealkylation sites (N-methyl/N-ethyl adjacent to an activating group) is 1. The maximum Gasteiger partial charge on any atom is 0.126 e. The Morgan fingerprint density at radius 1 is 1.35 bits per heavy atom. The highest BCUT2D eigenvalue weighted by molar-refractivity contribution is 5.27. The molecule has 1 saturated carbocycles. The van der Waals surface area contributed by atoms with Crippen LogP contribution in [0.4, 0.5) is 4.39 Å². The molecular formula is C17H27FN2. The van der Waals surface area contributed by atoms with E-state index in [2.05, 4.69) is 18.9 Å². The van der Waals surface area contributed by atoms with Gasteiger partial charge in [0.1, 0.15) is 5.82 Å². The predicted octanol–water partition coefficient (Wildman–Crippen LogP) is 3.64. The Balaban J connectivity index is 2.19. The first-order valence-corrected chi connectivity index (χ1v) is 7.72. The summed E-state index contributed by atoms with van der Waals surface area (Å²) in [5.74, 6) is 0.572. The molecular weight excluding hydrogens is 251 g/mol. The van der Waals surface area contributed by atoms with E-state index in [1.807, 2.05) is 19.1 Å². The minimum atomic E-state index is -0.141. The predicted molar refractivity (Wildman–Crippen MR) is 82.1 cm³/mol. The second-order valence-electron chi connectivity index (χ2n) is 6.25. The Hall–Kier alpha value is -0.930. The third kappa shape index (κ3) is 3.21. The van der Waals surface area contributed by atoms with Gasteiger partial charge in [-0.2, -0.15) is 0 Å². The van der Waals surface area contributed by atoms with Crippen molar-refractivity contribution in [2.24, 2.45) is 11.7 Å². The van der Waals surface area contributed by atoms with Crippen molar-refractivity contribution in [1.29, 1.82) is 0 Å². The van der Waals surface area contributed by atoms with Crippen molar-refractivity contribution in [2.45, 2.75) is 51.6 Å². The lowest BCUT2D eigenvalue weighted by atomic mass is 9.84. The van der Waals surface area contributed by atoms with Crippen molar-refractivity contribution in [3.05, 3.63) is 35.1 Å². The standard InChI is InChI=1S/C17H27FN2/c1-12-6-4-5-7-16(12)20(3)17(11-19)14-8-9-15(18)13(2)10-14/h8-10,12,16-17H,4-7,11,19H2,1-3H3. The second kappa shape index (κ2) is 6.68. The maximum atomic E-state index is 13.4. The second-order valence-corrected chi connectivity index (χ2v) is 6.25. The van der Waals surface area contributed by atoms with Crippen LogP contribution in [0.2, 0.25) is 0 Å². The van der Waals surface area contributed by atoms with Gasteiger partial charge in [-0.3, -0.25) is 4.90 Å². The molecule has 3 unspecified atom stereocenters. The summed E-state index contributed by atoms with van der Waals surface area (Å²) in [6, 6.07) is 6.15. The Kier molecular flexibility index (Phi) is 5.17. The zero-order chi connectivity index (χ0) is 14.7. The molecule has 0 aliphatic heterocycles. The summed E-state index contributed by atoms with van der Waals surface area (Å²) in [6.07, 6.45) is 5.19. The molecule has 2 N–H and O–H groups in total. The highest BCUT2D eigenvalue weighted by Crippen LogP contribution is 2.32. The summed E-state index contributed by atoms with van der Waals surface area (Å²) >= 11 is 0. The highest BCUT2D eigenvalue weighted by Gasteiger charge is 2.29. The van der Waals surface area contributed by atoms with Gasteiger partial charge in [0.2, 0.25) is 0 Å². The van der Waals surface area contributed by atoms with Crippen LogP contribution in [-0.4, -0.2) is 24.5 Å². The van der Waals surface area contributed by atoms with Gasteiger partial charge in [-0.05, 0) is 49.9 Å². The van der Waals surface area contributed by atoms with Crippen molar-refractivity contribution >= 4 is 0 Å². The average Bonchev–Trinajstić information content (AvgIpc) is 2.44. The van der Waals surface area contributed by atoms with Gasteiger partial charge in [0, 0.05) is 18.6 Å². The smallest absolute Gasteiger partial charge is 0.126 e. The van der Waals surface area contributed by atoms with Gasteiger partial charge in [0.15, 0.2) is 0 Å². The fourth-order valence-electron chi connectivity index (χ4n) is 3.55. The Labute approximate surface area is 122 Å². The number of nitrogens with zero attached hydrogens (tertiary/aromatic N) is 1. The molecule has 1 fully saturated rings. The first-order chi connectivity index (χ1) is 9.54. The van der Waals surface area contributed by atoms with Gasteiger partial charge >= 0.3 is 0 Å². The van der Waals surface area contributed by atoms with Crippen LogP contribution in [0.15, 0.2) is 18.2 Å². The summed E-state index contributed by atoms with van der Waals surface area (Å²) in [5.41, 5.74) is 7.84. The molecule has 0 radical (unpaired) electrons. The van der Waals surface area contributed by atoms with E-state index in [0.29, 0.717) is 24.1 Å². The molecule has 0 aromatic heterocycles. The first-order valence-electron chi connectivity index (χ1n) is 7.72. The molecule has 20 heavy (non-hydrogen) atoms. The molecule has 0 spiro atoms. The zero-order valence-electron chi connectivity index (χ0n) is 12.9. The van der Waals surface area contributed by atoms with Gasteiger partial charge in [-0.15, -0.1) is 0 Å². The summed E-state index contributed by atoms with van der Waals surface area (Å²) in [6.45, 7) is 4.73. The van der Waals surface area contributed by atoms with E-state index in [1.54, 1.807) is 6.07 Å². The van der Waals surface area contributed by atoms with Crippen LogP contribution in [0.3, 0.4) is 0 Å². The molecule has 3 atom stereocenters. The minimum absolute atomic E-state index is 0.141. The number of hydrogen-bond acceptors (Lipinski definition) is 2. The fraction of sp³-hybridized carbons (Fsp3) is 0.647. The van der Waals surface area contributed by atoms with Gasteiger partial charge in [-0.1, -0.05) is 31.9 Å². The lowest BCUT2D eigenvalue weighted by molar-refractivity contribution is 0.0991. The SMILES string of the molecule is Cc1cc(C(CN)N(C)C2CCCCC2C)ccc1F. The molecule has 1 aliphatic carbocycles. The van der Waals surface area contributed by atoms with Crippen molar-refractivity contribution < 1.29 is 4.39 Å². The summed E-state index contributed by atoms with van der Waals surface area (Å²) in [5, 5.41) is 0. The molecule has 2 rings (SSSR count). The molecule has 1 aromatic rings. The van der Waals surface area contributed by atoms with Crippen molar-refractivity contribution in [3.8, 4) is 0 Å². The zero-order valence-corrected chi connectivity index (χ0v) is 12.9. The Morgan fingerprint density at radius 3 is 2.65 bits per heavy atom. The van der Waals surface area contributed by atoms with E-state index in [0.717, 1.165) is 5.56 Å². The first kappa shape index (κ1) is 15.5. The van der Waals surface area contributed by atoms with Crippen molar-refractivity contribution in [1.82, 2.24) is 4.90 Å². The van der Waals surface area contributed by atoms with Crippen LogP contribution in [-0.2, 0) is 0 Å². The van der Waals surface area contributed by atoms with Crippen LogP contribution in [0.25, 0.3) is 0 Å². The number of rotatable bonds is 4. The third-order valence-corrected chi connectivity index (χ3v) is 4.87. The number of benzene rings is 1. The molecule has 0 bridgehead atoms. The quantitative estimate of drug-likeness (QED) is 0.911. The van der Waals surface area contributed by atoms with Crippen molar-refractivity contribution in [2.75, 3.05) is 13.6 Å². The Bertz CT molecular complexity index is 447. The van der Waals surface area contributed by atoms with E-state index in [9.17, 15) is 4.39 Å². The van der Waals surface area contributed by atoms with Gasteiger partial charge in [0.05, 0.1) is 0 Å². The van der Waals surface area contributed by atoms with E-state index in [4.69, 9.17) is 5.73 Å². The largest absolute Gasteiger partial charge is 0.329 e. The third-order valence-electron chi connectivity index (χ3n) is 4.87. The minimum Gasteiger partial charge on any atom is -0.329 e. The maximum absolute atomic E-state index is 13.4. The fourth-order valence-corrected chi connectivity index (χ4v) is 3.55. The van der Waals surface area contributed by atoms with Crippen molar-refractivity contribution in [3.63, 3.8) is 0 Å². The molecule has 1 aromatic carbocycles. The molecule has 112 valence electrons. The van der Waals surface area contributed by atoms with Crippen LogP contribution in [0, 0.1) is 18.7 Å². The van der Waals surface area contributed by atoms with E-state index < -0.39 is 0 Å². The molecule has 2 nitrogen and oxygen atoms in total. The van der Waals surface area contributed by atoms with Crippen LogP contribution >= 0.6 is 0 Å². The molecule has 0 saturated heterocycles. The van der Waals surface area contributed by atoms with Crippen LogP contribution < -0.4 is 5.73 Å². The van der Waals surface area contributed by atoms with E-state index in [-0.39, 0.29) is 11.9 Å². The highest BCUT2D eigenvalue weighted by atomic mass is 19.1. The van der Waals surface area contributed by atoms with Crippen LogP contribution in [0.1, 0.15) is 49.8 Å². The molecule has 1 aliphatic rings. The Morgan fingerprint density at radius 2 is 2.05 bits per heavy atom. The van der Waals surface area contributed by atoms with Gasteiger partial charge < -0.3 is 5.73 Å².